The van der Waals surface area contributed by atoms with E-state index in [0.29, 0.717) is 5.41 Å². The van der Waals surface area contributed by atoms with Gasteiger partial charge in [0.25, 0.3) is 0 Å². The van der Waals surface area contributed by atoms with Gasteiger partial charge in [0.15, 0.2) is 0 Å². The van der Waals surface area contributed by atoms with Gasteiger partial charge in [0.05, 0.1) is 0 Å². The highest BCUT2D eigenvalue weighted by Crippen LogP contribution is 2.36. The molecule has 0 aromatic heterocycles. The van der Waals surface area contributed by atoms with Crippen LogP contribution in [0.1, 0.15) is 59.3 Å². The fraction of sp³-hybridized carbons (Fsp3) is 0.929. The lowest BCUT2D eigenvalue weighted by molar-refractivity contribution is 0.278. The van der Waals surface area contributed by atoms with E-state index in [1.165, 1.54) is 38.5 Å². The smallest absolute Gasteiger partial charge is 0.00777 e. The SMILES string of the molecule is CC1CCC(NC2C[CH]C(C)(C)C2)CC1. The van der Waals surface area contributed by atoms with E-state index in [-0.39, 0.29) is 0 Å². The molecule has 0 bridgehead atoms. The van der Waals surface area contributed by atoms with Crippen molar-refractivity contribution in [1.29, 1.82) is 0 Å². The zero-order chi connectivity index (χ0) is 10.9. The first-order chi connectivity index (χ1) is 7.05. The zero-order valence-electron chi connectivity index (χ0n) is 10.6. The van der Waals surface area contributed by atoms with E-state index in [4.69, 9.17) is 0 Å². The predicted octanol–water partition coefficient (Wildman–Crippen LogP) is 3.55. The Morgan fingerprint density at radius 2 is 1.73 bits per heavy atom. The second kappa shape index (κ2) is 4.45. The predicted molar refractivity (Wildman–Crippen MR) is 65.7 cm³/mol. The highest BCUT2D eigenvalue weighted by atomic mass is 15.0. The molecule has 0 saturated heterocycles. The lowest BCUT2D eigenvalue weighted by Crippen LogP contribution is -2.39. The Labute approximate surface area is 95.0 Å². The summed E-state index contributed by atoms with van der Waals surface area (Å²) in [7, 11) is 0. The molecule has 1 radical (unpaired) electrons. The Hall–Kier alpha value is -0.0400. The van der Waals surface area contributed by atoms with Crippen LogP contribution >= 0.6 is 0 Å². The third-order valence-electron chi connectivity index (χ3n) is 4.21. The monoisotopic (exact) mass is 208 g/mol. The molecule has 2 aliphatic carbocycles. The molecule has 15 heavy (non-hydrogen) atoms. The van der Waals surface area contributed by atoms with Gasteiger partial charge in [-0.2, -0.15) is 0 Å². The van der Waals surface area contributed by atoms with Gasteiger partial charge in [-0.05, 0) is 56.3 Å². The van der Waals surface area contributed by atoms with E-state index in [2.05, 4.69) is 32.5 Å². The molecule has 0 amide bonds. The van der Waals surface area contributed by atoms with E-state index in [1.807, 2.05) is 0 Å². The van der Waals surface area contributed by atoms with Crippen LogP contribution in [-0.2, 0) is 0 Å². The van der Waals surface area contributed by atoms with E-state index in [1.54, 1.807) is 0 Å². The van der Waals surface area contributed by atoms with Crippen LogP contribution in [0.25, 0.3) is 0 Å². The van der Waals surface area contributed by atoms with Crippen LogP contribution in [0.4, 0.5) is 0 Å². The molecule has 0 aliphatic heterocycles. The summed E-state index contributed by atoms with van der Waals surface area (Å²) in [5, 5.41) is 3.86. The van der Waals surface area contributed by atoms with Gasteiger partial charge in [-0.1, -0.05) is 20.8 Å². The van der Waals surface area contributed by atoms with Gasteiger partial charge in [0.1, 0.15) is 0 Å². The highest BCUT2D eigenvalue weighted by molar-refractivity contribution is 4.99. The van der Waals surface area contributed by atoms with E-state index < -0.39 is 0 Å². The number of hydrogen-bond donors (Lipinski definition) is 1. The van der Waals surface area contributed by atoms with Crippen molar-refractivity contribution in [3.05, 3.63) is 6.42 Å². The molecule has 0 aromatic carbocycles. The molecular weight excluding hydrogens is 182 g/mol. The second-order valence-corrected chi connectivity index (χ2v) is 6.45. The van der Waals surface area contributed by atoms with Crippen molar-refractivity contribution in [3.63, 3.8) is 0 Å². The zero-order valence-corrected chi connectivity index (χ0v) is 10.6. The third kappa shape index (κ3) is 3.21. The van der Waals surface area contributed by atoms with E-state index in [9.17, 15) is 0 Å². The van der Waals surface area contributed by atoms with Crippen LogP contribution in [0.5, 0.6) is 0 Å². The molecule has 0 spiro atoms. The van der Waals surface area contributed by atoms with E-state index >= 15 is 0 Å². The lowest BCUT2D eigenvalue weighted by atomic mass is 9.86. The average molecular weight is 208 g/mol. The highest BCUT2D eigenvalue weighted by Gasteiger charge is 2.32. The largest absolute Gasteiger partial charge is 0.311 e. The van der Waals surface area contributed by atoms with Gasteiger partial charge >= 0.3 is 0 Å². The Morgan fingerprint density at radius 1 is 1.07 bits per heavy atom. The fourth-order valence-corrected chi connectivity index (χ4v) is 3.15. The molecule has 0 heterocycles. The van der Waals surface area contributed by atoms with Gasteiger partial charge in [-0.3, -0.25) is 0 Å². The molecule has 2 aliphatic rings. The summed E-state index contributed by atoms with van der Waals surface area (Å²) in [5.41, 5.74) is 0.472. The van der Waals surface area contributed by atoms with E-state index in [0.717, 1.165) is 18.0 Å². The van der Waals surface area contributed by atoms with Crippen LogP contribution in [0.3, 0.4) is 0 Å². The average Bonchev–Trinajstić information content (AvgIpc) is 2.50. The quantitative estimate of drug-likeness (QED) is 0.732. The summed E-state index contributed by atoms with van der Waals surface area (Å²) in [5.74, 6) is 0.967. The number of rotatable bonds is 2. The summed E-state index contributed by atoms with van der Waals surface area (Å²) < 4.78 is 0. The van der Waals surface area contributed by atoms with Crippen LogP contribution in [0.15, 0.2) is 0 Å². The minimum absolute atomic E-state index is 0.472. The van der Waals surface area contributed by atoms with Crippen molar-refractivity contribution in [2.24, 2.45) is 11.3 Å². The van der Waals surface area contributed by atoms with Gasteiger partial charge < -0.3 is 5.32 Å². The minimum atomic E-state index is 0.472. The van der Waals surface area contributed by atoms with Gasteiger partial charge in [-0.25, -0.2) is 0 Å². The molecule has 1 nitrogen and oxygen atoms in total. The maximum Gasteiger partial charge on any atom is 0.00777 e. The molecule has 1 unspecified atom stereocenters. The number of hydrogen-bond acceptors (Lipinski definition) is 1. The van der Waals surface area contributed by atoms with Gasteiger partial charge in [-0.15, -0.1) is 0 Å². The molecule has 1 N–H and O–H groups in total. The molecule has 2 saturated carbocycles. The third-order valence-corrected chi connectivity index (χ3v) is 4.21. The molecular formula is C14H26N. The summed E-state index contributed by atoms with van der Waals surface area (Å²) >= 11 is 0. The van der Waals surface area contributed by atoms with Gasteiger partial charge in [0, 0.05) is 12.1 Å². The molecule has 0 aromatic rings. The van der Waals surface area contributed by atoms with Crippen LogP contribution in [-0.4, -0.2) is 12.1 Å². The van der Waals surface area contributed by atoms with Crippen LogP contribution in [0.2, 0.25) is 0 Å². The van der Waals surface area contributed by atoms with Crippen molar-refractivity contribution < 1.29 is 0 Å². The topological polar surface area (TPSA) is 12.0 Å². The molecule has 1 atom stereocenters. The Balaban J connectivity index is 1.74. The Kier molecular flexibility index (Phi) is 3.39. The molecule has 2 fully saturated rings. The fourth-order valence-electron chi connectivity index (χ4n) is 3.15. The Bertz CT molecular complexity index is 201. The Morgan fingerprint density at radius 3 is 2.27 bits per heavy atom. The first-order valence-corrected chi connectivity index (χ1v) is 6.65. The molecule has 87 valence electrons. The maximum absolute atomic E-state index is 3.86. The summed E-state index contributed by atoms with van der Waals surface area (Å²) in [6, 6.07) is 1.58. The maximum atomic E-state index is 3.86. The minimum Gasteiger partial charge on any atom is -0.311 e. The lowest BCUT2D eigenvalue weighted by Gasteiger charge is -2.30. The summed E-state index contributed by atoms with van der Waals surface area (Å²) in [4.78, 5) is 0. The van der Waals surface area contributed by atoms with Crippen molar-refractivity contribution in [2.45, 2.75) is 71.4 Å². The van der Waals surface area contributed by atoms with Crippen molar-refractivity contribution >= 4 is 0 Å². The normalized spacial score (nSPS) is 40.6. The van der Waals surface area contributed by atoms with Crippen LogP contribution in [0, 0.1) is 17.8 Å². The van der Waals surface area contributed by atoms with Crippen molar-refractivity contribution in [3.8, 4) is 0 Å². The summed E-state index contributed by atoms with van der Waals surface area (Å²) in [6.07, 6.45) is 10.8. The van der Waals surface area contributed by atoms with Crippen molar-refractivity contribution in [1.82, 2.24) is 5.32 Å². The number of nitrogens with one attached hydrogen (secondary N) is 1. The van der Waals surface area contributed by atoms with Crippen molar-refractivity contribution in [2.75, 3.05) is 0 Å². The molecule has 1 heteroatoms. The molecule has 2 rings (SSSR count). The standard InChI is InChI=1S/C14H26N/c1-11-4-6-12(7-5-11)15-13-8-9-14(2,3)10-13/h9,11-13,15H,4-8,10H2,1-3H3. The summed E-state index contributed by atoms with van der Waals surface area (Å²) in [6.45, 7) is 7.11. The second-order valence-electron chi connectivity index (χ2n) is 6.45. The first-order valence-electron chi connectivity index (χ1n) is 6.65. The van der Waals surface area contributed by atoms with Gasteiger partial charge in [0.2, 0.25) is 0 Å². The first kappa shape index (κ1) is 11.4. The van der Waals surface area contributed by atoms with Crippen LogP contribution < -0.4 is 5.32 Å².